The fraction of sp³-hybridized carbons (Fsp3) is 0.0833. The van der Waals surface area contributed by atoms with Gasteiger partial charge in [0.05, 0.1) is 10.2 Å². The molecule has 104 valence electrons. The van der Waals surface area contributed by atoms with Crippen LogP contribution in [0.1, 0.15) is 11.4 Å². The Hall–Kier alpha value is -1.67. The first-order valence-corrected chi connectivity index (χ1v) is 6.64. The van der Waals surface area contributed by atoms with Crippen LogP contribution < -0.4 is 11.1 Å². The number of aryl methyl sites for hydroxylation is 1. The number of aromatic nitrogens is 2. The zero-order valence-corrected chi connectivity index (χ0v) is 12.6. The Bertz CT molecular complexity index is 693. The first-order valence-electron chi connectivity index (χ1n) is 5.44. The second kappa shape index (κ2) is 5.76. The Labute approximate surface area is 127 Å². The Balaban J connectivity index is 2.40. The van der Waals surface area contributed by atoms with Crippen molar-refractivity contribution < 1.29 is 8.78 Å². The molecule has 20 heavy (non-hydrogen) atoms. The average Bonchev–Trinajstić information content (AvgIpc) is 2.35. The summed E-state index contributed by atoms with van der Waals surface area (Å²) in [7, 11) is 0. The predicted octanol–water partition coefficient (Wildman–Crippen LogP) is 3.20. The van der Waals surface area contributed by atoms with Gasteiger partial charge in [0.1, 0.15) is 22.3 Å². The van der Waals surface area contributed by atoms with Crippen LogP contribution in [0.2, 0.25) is 0 Å². The topological polar surface area (TPSA) is 63.8 Å². The number of rotatable bonds is 3. The van der Waals surface area contributed by atoms with Crippen LogP contribution in [0.25, 0.3) is 0 Å². The van der Waals surface area contributed by atoms with Crippen LogP contribution >= 0.6 is 28.1 Å². The van der Waals surface area contributed by atoms with Gasteiger partial charge in [-0.05, 0) is 35.0 Å². The van der Waals surface area contributed by atoms with E-state index < -0.39 is 11.6 Å². The summed E-state index contributed by atoms with van der Waals surface area (Å²) in [6.45, 7) is 1.72. The van der Waals surface area contributed by atoms with E-state index in [1.807, 2.05) is 0 Å². The van der Waals surface area contributed by atoms with Crippen LogP contribution in [0, 0.1) is 18.6 Å². The second-order valence-corrected chi connectivity index (χ2v) is 5.25. The van der Waals surface area contributed by atoms with Crippen molar-refractivity contribution in [1.29, 1.82) is 0 Å². The second-order valence-electron chi connectivity index (χ2n) is 3.95. The Morgan fingerprint density at radius 1 is 1.25 bits per heavy atom. The van der Waals surface area contributed by atoms with Crippen molar-refractivity contribution in [1.82, 2.24) is 9.97 Å². The fourth-order valence-electron chi connectivity index (χ4n) is 1.49. The minimum absolute atomic E-state index is 0.0366. The zero-order chi connectivity index (χ0) is 14.9. The SMILES string of the molecule is Cc1cc(C(N)=S)nc(Nc2cc(F)c(Br)cc2F)n1. The lowest BCUT2D eigenvalue weighted by Crippen LogP contribution is -2.14. The van der Waals surface area contributed by atoms with Gasteiger partial charge in [0.25, 0.3) is 0 Å². The minimum Gasteiger partial charge on any atom is -0.388 e. The van der Waals surface area contributed by atoms with E-state index in [1.165, 1.54) is 0 Å². The van der Waals surface area contributed by atoms with Crippen LogP contribution in [0.4, 0.5) is 20.4 Å². The van der Waals surface area contributed by atoms with E-state index in [0.29, 0.717) is 11.4 Å². The zero-order valence-electron chi connectivity index (χ0n) is 10.2. The molecule has 0 spiro atoms. The summed E-state index contributed by atoms with van der Waals surface area (Å²) in [6, 6.07) is 3.62. The molecule has 2 aromatic rings. The van der Waals surface area contributed by atoms with Gasteiger partial charge in [-0.25, -0.2) is 18.7 Å². The maximum atomic E-state index is 13.7. The van der Waals surface area contributed by atoms with Crippen molar-refractivity contribution in [2.75, 3.05) is 5.32 Å². The van der Waals surface area contributed by atoms with Gasteiger partial charge >= 0.3 is 0 Å². The molecule has 0 aliphatic heterocycles. The number of nitrogens with two attached hydrogens (primary N) is 1. The number of thiocarbonyl (C=S) groups is 1. The standard InChI is InChI=1S/C12H9BrF2N4S/c1-5-2-10(11(16)20)19-12(17-5)18-9-4-7(14)6(13)3-8(9)15/h2-4H,1H3,(H2,16,20)(H,17,18,19). The molecule has 0 fully saturated rings. The van der Waals surface area contributed by atoms with Crippen molar-refractivity contribution >= 4 is 44.8 Å². The highest BCUT2D eigenvalue weighted by atomic mass is 79.9. The minimum atomic E-state index is -0.639. The lowest BCUT2D eigenvalue weighted by atomic mass is 10.3. The number of benzene rings is 1. The molecule has 1 heterocycles. The summed E-state index contributed by atoms with van der Waals surface area (Å²) in [5, 5.41) is 2.60. The lowest BCUT2D eigenvalue weighted by Gasteiger charge is -2.09. The number of hydrogen-bond acceptors (Lipinski definition) is 4. The summed E-state index contributed by atoms with van der Waals surface area (Å²) in [5.41, 5.74) is 6.37. The van der Waals surface area contributed by atoms with Gasteiger partial charge in [-0.2, -0.15) is 0 Å². The van der Waals surface area contributed by atoms with Gasteiger partial charge in [0, 0.05) is 11.8 Å². The van der Waals surface area contributed by atoms with E-state index >= 15 is 0 Å². The third-order valence-corrected chi connectivity index (χ3v) is 3.18. The molecule has 0 amide bonds. The van der Waals surface area contributed by atoms with Crippen molar-refractivity contribution in [3.63, 3.8) is 0 Å². The van der Waals surface area contributed by atoms with Gasteiger partial charge in [0.15, 0.2) is 0 Å². The maximum Gasteiger partial charge on any atom is 0.228 e. The van der Waals surface area contributed by atoms with E-state index in [2.05, 4.69) is 31.2 Å². The van der Waals surface area contributed by atoms with Gasteiger partial charge in [0.2, 0.25) is 5.95 Å². The molecule has 3 N–H and O–H groups in total. The number of nitrogens with one attached hydrogen (secondary N) is 1. The molecule has 0 saturated heterocycles. The molecule has 2 rings (SSSR count). The summed E-state index contributed by atoms with van der Waals surface area (Å²) in [6.07, 6.45) is 0. The average molecular weight is 359 g/mol. The summed E-state index contributed by atoms with van der Waals surface area (Å²) in [5.74, 6) is -1.15. The highest BCUT2D eigenvalue weighted by Crippen LogP contribution is 2.25. The molecule has 0 aliphatic carbocycles. The number of anilines is 2. The third-order valence-electron chi connectivity index (χ3n) is 2.36. The summed E-state index contributed by atoms with van der Waals surface area (Å²) < 4.78 is 27.2. The molecule has 0 aliphatic rings. The van der Waals surface area contributed by atoms with Gasteiger partial charge in [-0.1, -0.05) is 12.2 Å². The van der Waals surface area contributed by atoms with E-state index in [4.69, 9.17) is 18.0 Å². The molecule has 8 heteroatoms. The molecule has 0 radical (unpaired) electrons. The summed E-state index contributed by atoms with van der Waals surface area (Å²) >= 11 is 7.73. The third kappa shape index (κ3) is 3.26. The smallest absolute Gasteiger partial charge is 0.228 e. The Morgan fingerprint density at radius 3 is 2.60 bits per heavy atom. The van der Waals surface area contributed by atoms with Gasteiger partial charge in [-0.3, -0.25) is 0 Å². The molecule has 0 atom stereocenters. The maximum absolute atomic E-state index is 13.7. The van der Waals surface area contributed by atoms with Crippen LogP contribution in [0.15, 0.2) is 22.7 Å². The quantitative estimate of drug-likeness (QED) is 0.651. The molecule has 1 aromatic carbocycles. The van der Waals surface area contributed by atoms with Crippen molar-refractivity contribution in [2.45, 2.75) is 6.92 Å². The highest BCUT2D eigenvalue weighted by molar-refractivity contribution is 9.10. The molecule has 0 bridgehead atoms. The van der Waals surface area contributed by atoms with Crippen LogP contribution in [-0.4, -0.2) is 15.0 Å². The Morgan fingerprint density at radius 2 is 1.95 bits per heavy atom. The normalized spacial score (nSPS) is 10.4. The molecular weight excluding hydrogens is 350 g/mol. The van der Waals surface area contributed by atoms with Crippen molar-refractivity contribution in [2.24, 2.45) is 5.73 Å². The fourth-order valence-corrected chi connectivity index (χ4v) is 1.91. The largest absolute Gasteiger partial charge is 0.388 e. The number of halogens is 3. The molecular formula is C12H9BrF2N4S. The summed E-state index contributed by atoms with van der Waals surface area (Å²) in [4.78, 5) is 8.20. The first-order chi connectivity index (χ1) is 9.36. The monoisotopic (exact) mass is 358 g/mol. The van der Waals surface area contributed by atoms with Gasteiger partial charge in [-0.15, -0.1) is 0 Å². The van der Waals surface area contributed by atoms with Crippen molar-refractivity contribution in [3.8, 4) is 0 Å². The van der Waals surface area contributed by atoms with Crippen molar-refractivity contribution in [3.05, 3.63) is 45.7 Å². The molecule has 0 saturated carbocycles. The highest BCUT2D eigenvalue weighted by Gasteiger charge is 2.11. The van der Waals surface area contributed by atoms with E-state index in [0.717, 1.165) is 12.1 Å². The van der Waals surface area contributed by atoms with Crippen LogP contribution in [0.5, 0.6) is 0 Å². The Kier molecular flexibility index (Phi) is 4.24. The van der Waals surface area contributed by atoms with Crippen LogP contribution in [0.3, 0.4) is 0 Å². The van der Waals surface area contributed by atoms with Crippen LogP contribution in [-0.2, 0) is 0 Å². The predicted molar refractivity (Wildman–Crippen MR) is 80.0 cm³/mol. The van der Waals surface area contributed by atoms with E-state index in [1.54, 1.807) is 13.0 Å². The number of nitrogens with zero attached hydrogens (tertiary/aromatic N) is 2. The van der Waals surface area contributed by atoms with E-state index in [-0.39, 0.29) is 21.1 Å². The molecule has 1 aromatic heterocycles. The van der Waals surface area contributed by atoms with Gasteiger partial charge < -0.3 is 11.1 Å². The molecule has 0 unspecified atom stereocenters. The number of hydrogen-bond donors (Lipinski definition) is 2. The van der Waals surface area contributed by atoms with E-state index in [9.17, 15) is 8.78 Å². The molecule has 4 nitrogen and oxygen atoms in total. The lowest BCUT2D eigenvalue weighted by molar-refractivity contribution is 0.597. The first kappa shape index (κ1) is 14.7.